The molecule has 1 aromatic rings. The van der Waals surface area contributed by atoms with E-state index in [0.717, 1.165) is 5.56 Å². The van der Waals surface area contributed by atoms with Gasteiger partial charge in [0.15, 0.2) is 0 Å². The van der Waals surface area contributed by atoms with Crippen molar-refractivity contribution in [3.63, 3.8) is 0 Å². The fourth-order valence-corrected chi connectivity index (χ4v) is 2.10. The van der Waals surface area contributed by atoms with E-state index < -0.39 is 0 Å². The molecule has 7 heteroatoms. The highest BCUT2D eigenvalue weighted by molar-refractivity contribution is 6.33. The van der Waals surface area contributed by atoms with E-state index >= 15 is 0 Å². The Morgan fingerprint density at radius 3 is 2.95 bits per heavy atom. The number of rotatable bonds is 5. The molecular formula is C14H15ClN4O2. The van der Waals surface area contributed by atoms with E-state index in [1.807, 2.05) is 12.1 Å². The summed E-state index contributed by atoms with van der Waals surface area (Å²) in [4.78, 5) is 23.1. The van der Waals surface area contributed by atoms with Gasteiger partial charge in [-0.2, -0.15) is 10.2 Å². The summed E-state index contributed by atoms with van der Waals surface area (Å²) in [5.74, 6) is -0.756. The van der Waals surface area contributed by atoms with Crippen LogP contribution in [0.4, 0.5) is 0 Å². The fraction of sp³-hybridized carbons (Fsp3) is 0.286. The van der Waals surface area contributed by atoms with Crippen LogP contribution < -0.4 is 10.9 Å². The Labute approximate surface area is 127 Å². The highest BCUT2D eigenvalue weighted by Gasteiger charge is 2.26. The van der Waals surface area contributed by atoms with Gasteiger partial charge in [0.25, 0.3) is 0 Å². The summed E-state index contributed by atoms with van der Waals surface area (Å²) in [5, 5.41) is 8.24. The monoisotopic (exact) mass is 306 g/mol. The smallest absolute Gasteiger partial charge is 0.248 e. The number of carbonyl (C=O) groups is 2. The number of hydrogen-bond acceptors (Lipinski definition) is 4. The largest absolute Gasteiger partial charge is 0.273 e. The molecule has 2 amide bonds. The van der Waals surface area contributed by atoms with Gasteiger partial charge >= 0.3 is 0 Å². The molecule has 1 atom stereocenters. The van der Waals surface area contributed by atoms with Crippen molar-refractivity contribution in [3.8, 4) is 0 Å². The minimum absolute atomic E-state index is 0.167. The molecule has 0 bridgehead atoms. The van der Waals surface area contributed by atoms with Crippen LogP contribution in [-0.2, 0) is 9.59 Å². The third-order valence-corrected chi connectivity index (χ3v) is 3.47. The molecule has 6 nitrogen and oxygen atoms in total. The molecule has 0 saturated heterocycles. The molecule has 1 heterocycles. The van der Waals surface area contributed by atoms with Crippen molar-refractivity contribution in [2.45, 2.75) is 19.8 Å². The quantitative estimate of drug-likeness (QED) is 0.641. The number of nitrogens with one attached hydrogen (secondary N) is 2. The second kappa shape index (κ2) is 6.99. The fourth-order valence-electron chi connectivity index (χ4n) is 1.91. The number of hydrazone groups is 2. The molecule has 110 valence electrons. The third-order valence-electron chi connectivity index (χ3n) is 3.12. The summed E-state index contributed by atoms with van der Waals surface area (Å²) in [6.07, 6.45) is 2.09. The molecule has 0 fully saturated rings. The van der Waals surface area contributed by atoms with Gasteiger partial charge < -0.3 is 0 Å². The lowest BCUT2D eigenvalue weighted by molar-refractivity contribution is -0.123. The molecule has 1 aliphatic rings. The Hall–Kier alpha value is -2.21. The maximum Gasteiger partial charge on any atom is 0.248 e. The van der Waals surface area contributed by atoms with Crippen LogP contribution in [0.2, 0.25) is 5.02 Å². The molecule has 1 aromatic carbocycles. The predicted octanol–water partition coefficient (Wildman–Crippen LogP) is 1.69. The Bertz CT molecular complexity index is 613. The van der Waals surface area contributed by atoms with Crippen molar-refractivity contribution in [1.29, 1.82) is 0 Å². The molecule has 0 aliphatic carbocycles. The number of hydrogen-bond donors (Lipinski definition) is 2. The second-order valence-corrected chi connectivity index (χ2v) is 5.04. The van der Waals surface area contributed by atoms with Gasteiger partial charge in [0, 0.05) is 22.7 Å². The average Bonchev–Trinajstić information content (AvgIpc) is 2.78. The minimum atomic E-state index is -0.330. The number of halogens is 1. The van der Waals surface area contributed by atoms with Crippen molar-refractivity contribution in [2.75, 3.05) is 0 Å². The minimum Gasteiger partial charge on any atom is -0.273 e. The highest BCUT2D eigenvalue weighted by atomic mass is 35.5. The summed E-state index contributed by atoms with van der Waals surface area (Å²) in [6.45, 7) is 1.76. The van der Waals surface area contributed by atoms with Crippen molar-refractivity contribution in [2.24, 2.45) is 16.1 Å². The lowest BCUT2D eigenvalue weighted by Crippen LogP contribution is -2.25. The van der Waals surface area contributed by atoms with Crippen LogP contribution in [0.3, 0.4) is 0 Å². The van der Waals surface area contributed by atoms with Crippen LogP contribution in [0.15, 0.2) is 34.5 Å². The van der Waals surface area contributed by atoms with Crippen LogP contribution in [0, 0.1) is 5.92 Å². The summed E-state index contributed by atoms with van der Waals surface area (Å²) in [7, 11) is 0. The lowest BCUT2D eigenvalue weighted by Gasteiger charge is -2.06. The SMILES string of the molecule is CC1=NNC(=O)C1CCC(=O)N/N=C\c1ccccc1Cl. The van der Waals surface area contributed by atoms with E-state index in [-0.39, 0.29) is 24.2 Å². The summed E-state index contributed by atoms with van der Waals surface area (Å²) in [6, 6.07) is 7.18. The molecule has 0 spiro atoms. The zero-order valence-corrected chi connectivity index (χ0v) is 12.2. The van der Waals surface area contributed by atoms with E-state index in [9.17, 15) is 9.59 Å². The van der Waals surface area contributed by atoms with Gasteiger partial charge in [-0.05, 0) is 19.4 Å². The topological polar surface area (TPSA) is 82.9 Å². The van der Waals surface area contributed by atoms with Crippen LogP contribution in [-0.4, -0.2) is 23.7 Å². The molecule has 2 rings (SSSR count). The van der Waals surface area contributed by atoms with Crippen molar-refractivity contribution < 1.29 is 9.59 Å². The number of nitrogens with zero attached hydrogens (tertiary/aromatic N) is 2. The maximum absolute atomic E-state index is 11.7. The van der Waals surface area contributed by atoms with Crippen LogP contribution in [0.5, 0.6) is 0 Å². The Morgan fingerprint density at radius 1 is 1.52 bits per heavy atom. The van der Waals surface area contributed by atoms with Gasteiger partial charge in [0.1, 0.15) is 0 Å². The highest BCUT2D eigenvalue weighted by Crippen LogP contribution is 2.14. The van der Waals surface area contributed by atoms with Crippen LogP contribution in [0.25, 0.3) is 0 Å². The van der Waals surface area contributed by atoms with E-state index in [2.05, 4.69) is 21.1 Å². The number of amides is 2. The van der Waals surface area contributed by atoms with Crippen LogP contribution >= 0.6 is 11.6 Å². The van der Waals surface area contributed by atoms with Gasteiger partial charge in [-0.15, -0.1) is 0 Å². The van der Waals surface area contributed by atoms with E-state index in [1.165, 1.54) is 6.21 Å². The summed E-state index contributed by atoms with van der Waals surface area (Å²) in [5.41, 5.74) is 6.22. The molecular weight excluding hydrogens is 292 g/mol. The van der Waals surface area contributed by atoms with E-state index in [4.69, 9.17) is 11.6 Å². The van der Waals surface area contributed by atoms with Crippen molar-refractivity contribution in [1.82, 2.24) is 10.9 Å². The predicted molar refractivity (Wildman–Crippen MR) is 81.2 cm³/mol. The molecule has 0 radical (unpaired) electrons. The standard InChI is InChI=1S/C14H15ClN4O2/c1-9-11(14(21)19-17-9)6-7-13(20)18-16-8-10-4-2-3-5-12(10)15/h2-5,8,11H,6-7H2,1H3,(H,18,20)(H,19,21)/b16-8-. The number of carbonyl (C=O) groups excluding carboxylic acids is 2. The van der Waals surface area contributed by atoms with E-state index in [0.29, 0.717) is 17.2 Å². The van der Waals surface area contributed by atoms with Gasteiger partial charge in [0.2, 0.25) is 11.8 Å². The maximum atomic E-state index is 11.7. The summed E-state index contributed by atoms with van der Waals surface area (Å²) < 4.78 is 0. The van der Waals surface area contributed by atoms with E-state index in [1.54, 1.807) is 19.1 Å². The molecule has 1 aliphatic heterocycles. The first-order chi connectivity index (χ1) is 10.1. The summed E-state index contributed by atoms with van der Waals surface area (Å²) >= 11 is 5.96. The molecule has 0 aromatic heterocycles. The zero-order valence-electron chi connectivity index (χ0n) is 11.5. The van der Waals surface area contributed by atoms with Gasteiger partial charge in [-0.3, -0.25) is 9.59 Å². The molecule has 2 N–H and O–H groups in total. The Kier molecular flexibility index (Phi) is 5.05. The second-order valence-electron chi connectivity index (χ2n) is 4.64. The average molecular weight is 307 g/mol. The first kappa shape index (κ1) is 15.2. The van der Waals surface area contributed by atoms with Gasteiger partial charge in [-0.25, -0.2) is 10.9 Å². The Morgan fingerprint density at radius 2 is 2.29 bits per heavy atom. The molecule has 1 unspecified atom stereocenters. The molecule has 0 saturated carbocycles. The number of benzene rings is 1. The van der Waals surface area contributed by atoms with Crippen molar-refractivity contribution in [3.05, 3.63) is 34.9 Å². The zero-order chi connectivity index (χ0) is 15.2. The third kappa shape index (κ3) is 4.13. The van der Waals surface area contributed by atoms with Gasteiger partial charge in [-0.1, -0.05) is 29.8 Å². The lowest BCUT2D eigenvalue weighted by atomic mass is 9.99. The first-order valence-electron chi connectivity index (χ1n) is 6.48. The van der Waals surface area contributed by atoms with Crippen LogP contribution in [0.1, 0.15) is 25.3 Å². The first-order valence-corrected chi connectivity index (χ1v) is 6.86. The normalized spacial score (nSPS) is 17.7. The Balaban J connectivity index is 1.79. The van der Waals surface area contributed by atoms with Gasteiger partial charge in [0.05, 0.1) is 12.1 Å². The molecule has 21 heavy (non-hydrogen) atoms. The van der Waals surface area contributed by atoms with Crippen molar-refractivity contribution >= 4 is 35.3 Å².